The maximum absolute atomic E-state index is 5.77. The zero-order valence-corrected chi connectivity index (χ0v) is 16.4. The van der Waals surface area contributed by atoms with E-state index in [9.17, 15) is 0 Å². The van der Waals surface area contributed by atoms with E-state index in [-0.39, 0.29) is 0 Å². The van der Waals surface area contributed by atoms with Gasteiger partial charge in [0.1, 0.15) is 0 Å². The lowest BCUT2D eigenvalue weighted by Crippen LogP contribution is -2.24. The molecule has 0 heterocycles. The summed E-state index contributed by atoms with van der Waals surface area (Å²) in [5.74, 6) is 0.810. The zero-order chi connectivity index (χ0) is 16.2. The summed E-state index contributed by atoms with van der Waals surface area (Å²) in [5.41, 5.74) is 1.48. The van der Waals surface area contributed by atoms with Gasteiger partial charge >= 0.3 is 0 Å². The molecule has 0 fully saturated rings. The smallest absolute Gasteiger partial charge is 0.0808 e. The van der Waals surface area contributed by atoms with Crippen LogP contribution in [0.5, 0.6) is 0 Å². The van der Waals surface area contributed by atoms with Crippen molar-refractivity contribution < 1.29 is 0 Å². The molecule has 0 spiro atoms. The first-order valence-electron chi connectivity index (χ1n) is 8.53. The summed E-state index contributed by atoms with van der Waals surface area (Å²) in [4.78, 5) is 0. The fourth-order valence-electron chi connectivity index (χ4n) is 2.59. The second-order valence-electron chi connectivity index (χ2n) is 5.82. The molecule has 2 aromatic rings. The zero-order valence-electron chi connectivity index (χ0n) is 13.7. The van der Waals surface area contributed by atoms with Crippen LogP contribution >= 0.6 is 11.6 Å². The van der Waals surface area contributed by atoms with Crippen LogP contribution in [0.3, 0.4) is 0 Å². The number of halogens is 1. The Hall–Kier alpha value is -0.836. The third-order valence-electron chi connectivity index (χ3n) is 3.89. The molecule has 2 aromatic carbocycles. The Labute approximate surface area is 151 Å². The Kier molecular flexibility index (Phi) is 9.38. The van der Waals surface area contributed by atoms with Gasteiger partial charge in [0.05, 0.1) is 9.52 Å². The van der Waals surface area contributed by atoms with E-state index in [0.29, 0.717) is 0 Å². The van der Waals surface area contributed by atoms with Gasteiger partial charge in [-0.25, -0.2) is 0 Å². The highest BCUT2D eigenvalue weighted by Crippen LogP contribution is 2.16. The molecule has 0 saturated heterocycles. The Morgan fingerprint density at radius 2 is 1.43 bits per heavy atom. The van der Waals surface area contributed by atoms with Crippen molar-refractivity contribution in [2.24, 2.45) is 0 Å². The van der Waals surface area contributed by atoms with Gasteiger partial charge in [-0.2, -0.15) is 0 Å². The SMILES string of the molecule is ClCCCCCC[C@H]([Si]Cc1ccccc1)[Si]c1ccccc1. The van der Waals surface area contributed by atoms with Crippen LogP contribution in [0.1, 0.15) is 37.7 Å². The lowest BCUT2D eigenvalue weighted by atomic mass is 10.2. The molecule has 0 saturated carbocycles. The average Bonchev–Trinajstić information content (AvgIpc) is 2.61. The summed E-state index contributed by atoms with van der Waals surface area (Å²) in [7, 11) is 1.97. The standard InChI is InChI=1S/C20H25ClSi2/c21-16-10-2-1-9-15-20(23-19-13-7-4-8-14-19)22-17-18-11-5-3-6-12-18/h3-8,11-14,20H,1-2,9-10,15-17H2/t20-/m1/s1. The molecule has 120 valence electrons. The second-order valence-corrected chi connectivity index (χ2v) is 9.80. The molecular weight excluding hydrogens is 332 g/mol. The summed E-state index contributed by atoms with van der Waals surface area (Å²) >= 11 is 5.77. The van der Waals surface area contributed by atoms with Gasteiger partial charge in [-0.1, -0.05) is 102 Å². The van der Waals surface area contributed by atoms with Gasteiger partial charge in [-0.3, -0.25) is 0 Å². The number of unbranched alkanes of at least 4 members (excludes halogenated alkanes) is 3. The molecule has 0 bridgehead atoms. The molecule has 0 nitrogen and oxygen atoms in total. The molecular formula is C20H25ClSi2. The summed E-state index contributed by atoms with van der Waals surface area (Å²) < 4.78 is 0. The van der Waals surface area contributed by atoms with Gasteiger partial charge < -0.3 is 0 Å². The first kappa shape index (κ1) is 18.5. The van der Waals surface area contributed by atoms with Crippen molar-refractivity contribution in [3.8, 4) is 0 Å². The van der Waals surface area contributed by atoms with Gasteiger partial charge in [0.15, 0.2) is 0 Å². The monoisotopic (exact) mass is 356 g/mol. The van der Waals surface area contributed by atoms with Crippen molar-refractivity contribution in [3.63, 3.8) is 0 Å². The topological polar surface area (TPSA) is 0 Å². The molecule has 4 radical (unpaired) electrons. The van der Waals surface area contributed by atoms with Gasteiger partial charge in [0.25, 0.3) is 0 Å². The molecule has 0 N–H and O–H groups in total. The number of alkyl halides is 1. The summed E-state index contributed by atoms with van der Waals surface area (Å²) in [6.07, 6.45) is 6.49. The van der Waals surface area contributed by atoms with Crippen molar-refractivity contribution in [2.75, 3.05) is 5.88 Å². The number of hydrogen-bond donors (Lipinski definition) is 0. The van der Waals surface area contributed by atoms with Crippen LogP contribution in [-0.4, -0.2) is 24.9 Å². The minimum absolute atomic E-state index is 0.810. The second kappa shape index (κ2) is 11.7. The Morgan fingerprint density at radius 3 is 2.13 bits per heavy atom. The van der Waals surface area contributed by atoms with E-state index in [1.165, 1.54) is 48.9 Å². The molecule has 0 amide bonds. The van der Waals surface area contributed by atoms with E-state index in [2.05, 4.69) is 60.7 Å². The molecule has 3 heteroatoms. The fourth-order valence-corrected chi connectivity index (χ4v) is 6.26. The number of hydrogen-bond acceptors (Lipinski definition) is 0. The third-order valence-corrected chi connectivity index (χ3v) is 7.90. The van der Waals surface area contributed by atoms with Crippen molar-refractivity contribution in [3.05, 3.63) is 66.2 Å². The van der Waals surface area contributed by atoms with E-state index < -0.39 is 0 Å². The highest BCUT2D eigenvalue weighted by atomic mass is 35.5. The van der Waals surface area contributed by atoms with E-state index in [1.54, 1.807) is 0 Å². The van der Waals surface area contributed by atoms with Gasteiger partial charge in [-0.05, 0) is 12.5 Å². The van der Waals surface area contributed by atoms with Crippen LogP contribution in [0.25, 0.3) is 0 Å². The number of benzene rings is 2. The van der Waals surface area contributed by atoms with Crippen LogP contribution < -0.4 is 5.19 Å². The molecule has 0 unspecified atom stereocenters. The van der Waals surface area contributed by atoms with Gasteiger partial charge in [0, 0.05) is 15.4 Å². The average molecular weight is 357 g/mol. The van der Waals surface area contributed by atoms with Crippen LogP contribution in [0, 0.1) is 0 Å². The minimum atomic E-state index is 0.810. The summed E-state index contributed by atoms with van der Waals surface area (Å²) in [6.45, 7) is 0. The van der Waals surface area contributed by atoms with Crippen LogP contribution in [0.4, 0.5) is 0 Å². The van der Waals surface area contributed by atoms with Crippen LogP contribution in [0.15, 0.2) is 60.7 Å². The van der Waals surface area contributed by atoms with Crippen LogP contribution in [-0.2, 0) is 6.04 Å². The third kappa shape index (κ3) is 8.00. The summed E-state index contributed by atoms with van der Waals surface area (Å²) in [5, 5.41) is 2.35. The predicted molar refractivity (Wildman–Crippen MR) is 105 cm³/mol. The first-order chi connectivity index (χ1) is 11.4. The molecule has 2 rings (SSSR count). The molecule has 0 aliphatic carbocycles. The normalized spacial score (nSPS) is 12.2. The molecule has 23 heavy (non-hydrogen) atoms. The minimum Gasteiger partial charge on any atom is -0.127 e. The maximum atomic E-state index is 5.77. The van der Waals surface area contributed by atoms with Crippen molar-refractivity contribution in [1.29, 1.82) is 0 Å². The highest BCUT2D eigenvalue weighted by molar-refractivity contribution is 6.67. The summed E-state index contributed by atoms with van der Waals surface area (Å²) in [6, 6.07) is 23.2. The van der Waals surface area contributed by atoms with Crippen LogP contribution in [0.2, 0.25) is 5.16 Å². The van der Waals surface area contributed by atoms with Gasteiger partial charge in [-0.15, -0.1) is 11.6 Å². The van der Waals surface area contributed by atoms with E-state index in [1.807, 2.05) is 0 Å². The van der Waals surface area contributed by atoms with Gasteiger partial charge in [0.2, 0.25) is 0 Å². The van der Waals surface area contributed by atoms with E-state index in [4.69, 9.17) is 11.6 Å². The lowest BCUT2D eigenvalue weighted by molar-refractivity contribution is 0.647. The predicted octanol–water partition coefficient (Wildman–Crippen LogP) is 4.86. The maximum Gasteiger partial charge on any atom is 0.0808 e. The van der Waals surface area contributed by atoms with E-state index >= 15 is 0 Å². The Morgan fingerprint density at radius 1 is 0.783 bits per heavy atom. The van der Waals surface area contributed by atoms with Crippen molar-refractivity contribution in [2.45, 2.75) is 43.3 Å². The molecule has 1 atom stereocenters. The lowest BCUT2D eigenvalue weighted by Gasteiger charge is -2.15. The van der Waals surface area contributed by atoms with E-state index in [0.717, 1.165) is 30.1 Å². The van der Waals surface area contributed by atoms with Crippen molar-refractivity contribution in [1.82, 2.24) is 0 Å². The Bertz CT molecular complexity index is 516. The highest BCUT2D eigenvalue weighted by Gasteiger charge is 2.12. The molecule has 0 aliphatic heterocycles. The molecule has 0 aromatic heterocycles. The van der Waals surface area contributed by atoms with Crippen molar-refractivity contribution >= 4 is 35.8 Å². The largest absolute Gasteiger partial charge is 0.127 e. The fraction of sp³-hybridized carbons (Fsp3) is 0.400. The first-order valence-corrected chi connectivity index (χ1v) is 11.4. The quantitative estimate of drug-likeness (QED) is 0.306. The number of rotatable bonds is 11. The molecule has 0 aliphatic rings. The Balaban J connectivity index is 1.82.